The van der Waals surface area contributed by atoms with Crippen molar-refractivity contribution in [1.29, 1.82) is 0 Å². The van der Waals surface area contributed by atoms with E-state index in [0.29, 0.717) is 0 Å². The van der Waals surface area contributed by atoms with Crippen LogP contribution in [0.5, 0.6) is 0 Å². The number of piperidine rings is 1. The molecule has 1 rings (SSSR count). The van der Waals surface area contributed by atoms with Gasteiger partial charge in [0.15, 0.2) is 0 Å². The largest absolute Gasteiger partial charge is 0.345 e. The van der Waals surface area contributed by atoms with Crippen molar-refractivity contribution in [2.24, 2.45) is 11.8 Å². The molecule has 1 aliphatic heterocycles. The Morgan fingerprint density at radius 2 is 2.06 bits per heavy atom. The third-order valence-electron chi connectivity index (χ3n) is 3.15. The van der Waals surface area contributed by atoms with Crippen LogP contribution in [0.2, 0.25) is 0 Å². The maximum atomic E-state index is 11.3. The van der Waals surface area contributed by atoms with Crippen molar-refractivity contribution in [1.82, 2.24) is 10.2 Å². The molecule has 3 heteroatoms. The van der Waals surface area contributed by atoms with E-state index >= 15 is 0 Å². The Morgan fingerprint density at radius 1 is 1.41 bits per heavy atom. The smallest absolute Gasteiger partial charge is 0.295 e. The molecule has 1 N–H and O–H groups in total. The van der Waals surface area contributed by atoms with Crippen LogP contribution < -0.4 is 5.32 Å². The molecule has 0 aromatic heterocycles. The topological polar surface area (TPSA) is 32.3 Å². The van der Waals surface area contributed by atoms with E-state index in [1.807, 2.05) is 13.8 Å². The number of hydrogen-bond donors (Lipinski definition) is 1. The second-order valence-electron chi connectivity index (χ2n) is 5.22. The number of hydrogen-bond acceptors (Lipinski definition) is 2. The number of amides is 1. The van der Waals surface area contributed by atoms with E-state index < -0.39 is 0 Å². The second kappa shape index (κ2) is 7.34. The van der Waals surface area contributed by atoms with Crippen LogP contribution in [0.15, 0.2) is 0 Å². The fourth-order valence-corrected chi connectivity index (χ4v) is 1.99. The van der Waals surface area contributed by atoms with E-state index in [9.17, 15) is 4.79 Å². The average molecular weight is 236 g/mol. The summed E-state index contributed by atoms with van der Waals surface area (Å²) in [6, 6.07) is 0. The van der Waals surface area contributed by atoms with Gasteiger partial charge in [0, 0.05) is 12.5 Å². The lowest BCUT2D eigenvalue weighted by Gasteiger charge is -2.28. The first-order valence-corrected chi connectivity index (χ1v) is 6.56. The van der Waals surface area contributed by atoms with Crippen molar-refractivity contribution in [2.75, 3.05) is 26.7 Å². The zero-order valence-corrected chi connectivity index (χ0v) is 11.3. The molecule has 0 aromatic carbocycles. The van der Waals surface area contributed by atoms with Crippen molar-refractivity contribution >= 4 is 5.91 Å². The van der Waals surface area contributed by atoms with Crippen LogP contribution in [0.25, 0.3) is 0 Å². The van der Waals surface area contributed by atoms with Crippen molar-refractivity contribution in [2.45, 2.75) is 33.1 Å². The predicted molar refractivity (Wildman–Crippen MR) is 70.5 cm³/mol. The molecule has 0 atom stereocenters. The summed E-state index contributed by atoms with van der Waals surface area (Å²) in [5, 5.41) is 2.87. The second-order valence-corrected chi connectivity index (χ2v) is 5.22. The molecule has 17 heavy (non-hydrogen) atoms. The SMILES string of the molecule is CC(C)C#CC(=O)NCCC1CCN(C)CC1. The van der Waals surface area contributed by atoms with Gasteiger partial charge in [-0.3, -0.25) is 4.79 Å². The van der Waals surface area contributed by atoms with Gasteiger partial charge < -0.3 is 10.2 Å². The van der Waals surface area contributed by atoms with E-state index in [1.165, 1.54) is 25.9 Å². The Hall–Kier alpha value is -1.01. The van der Waals surface area contributed by atoms with Gasteiger partial charge in [-0.1, -0.05) is 19.8 Å². The number of carbonyl (C=O) groups is 1. The summed E-state index contributed by atoms with van der Waals surface area (Å²) < 4.78 is 0. The quantitative estimate of drug-likeness (QED) is 0.753. The fourth-order valence-electron chi connectivity index (χ4n) is 1.99. The lowest BCUT2D eigenvalue weighted by Crippen LogP contribution is -2.32. The van der Waals surface area contributed by atoms with Crippen molar-refractivity contribution < 1.29 is 4.79 Å². The minimum atomic E-state index is -0.133. The molecule has 1 aliphatic rings. The van der Waals surface area contributed by atoms with Gasteiger partial charge >= 0.3 is 0 Å². The maximum Gasteiger partial charge on any atom is 0.295 e. The first-order valence-electron chi connectivity index (χ1n) is 6.56. The van der Waals surface area contributed by atoms with Crippen LogP contribution in [-0.4, -0.2) is 37.5 Å². The molecule has 0 radical (unpaired) electrons. The van der Waals surface area contributed by atoms with Gasteiger partial charge in [-0.05, 0) is 51.2 Å². The van der Waals surface area contributed by atoms with Crippen molar-refractivity contribution in [3.63, 3.8) is 0 Å². The Bertz CT molecular complexity index is 293. The van der Waals surface area contributed by atoms with E-state index in [-0.39, 0.29) is 11.8 Å². The third-order valence-corrected chi connectivity index (χ3v) is 3.15. The monoisotopic (exact) mass is 236 g/mol. The van der Waals surface area contributed by atoms with Gasteiger partial charge in [0.25, 0.3) is 5.91 Å². The summed E-state index contributed by atoms with van der Waals surface area (Å²) in [6.45, 7) is 7.11. The summed E-state index contributed by atoms with van der Waals surface area (Å²) in [6.07, 6.45) is 3.59. The number of nitrogens with one attached hydrogen (secondary N) is 1. The minimum absolute atomic E-state index is 0.133. The summed E-state index contributed by atoms with van der Waals surface area (Å²) in [5.41, 5.74) is 0. The lowest BCUT2D eigenvalue weighted by atomic mass is 9.94. The van der Waals surface area contributed by atoms with Crippen LogP contribution in [0.4, 0.5) is 0 Å². The summed E-state index contributed by atoms with van der Waals surface area (Å²) >= 11 is 0. The predicted octanol–water partition coefficient (Wildman–Crippen LogP) is 1.49. The Balaban J connectivity index is 2.12. The van der Waals surface area contributed by atoms with E-state index in [1.54, 1.807) is 0 Å². The zero-order chi connectivity index (χ0) is 12.7. The maximum absolute atomic E-state index is 11.3. The third kappa shape index (κ3) is 6.33. The first-order chi connectivity index (χ1) is 8.08. The molecule has 1 amide bonds. The molecule has 0 aliphatic carbocycles. The first kappa shape index (κ1) is 14.1. The highest BCUT2D eigenvalue weighted by Crippen LogP contribution is 2.18. The molecule has 1 saturated heterocycles. The highest BCUT2D eigenvalue weighted by Gasteiger charge is 2.15. The molecule has 0 unspecified atom stereocenters. The molecule has 0 saturated carbocycles. The number of carbonyl (C=O) groups excluding carboxylic acids is 1. The van der Waals surface area contributed by atoms with Gasteiger partial charge in [0.2, 0.25) is 0 Å². The number of likely N-dealkylation sites (tertiary alicyclic amines) is 1. The highest BCUT2D eigenvalue weighted by atomic mass is 16.1. The minimum Gasteiger partial charge on any atom is -0.345 e. The lowest BCUT2D eigenvalue weighted by molar-refractivity contribution is -0.115. The normalized spacial score (nSPS) is 17.6. The Labute approximate surface area is 105 Å². The summed E-state index contributed by atoms with van der Waals surface area (Å²) in [5.74, 6) is 6.38. The molecule has 1 heterocycles. The van der Waals surface area contributed by atoms with Gasteiger partial charge in [0.05, 0.1) is 0 Å². The van der Waals surface area contributed by atoms with Crippen molar-refractivity contribution in [3.05, 3.63) is 0 Å². The van der Waals surface area contributed by atoms with Crippen LogP contribution >= 0.6 is 0 Å². The zero-order valence-electron chi connectivity index (χ0n) is 11.3. The summed E-state index contributed by atoms with van der Waals surface area (Å²) in [7, 11) is 2.17. The fraction of sp³-hybridized carbons (Fsp3) is 0.786. The average Bonchev–Trinajstić information content (AvgIpc) is 2.29. The van der Waals surface area contributed by atoms with Gasteiger partial charge in [0.1, 0.15) is 0 Å². The summed E-state index contributed by atoms with van der Waals surface area (Å²) in [4.78, 5) is 13.7. The van der Waals surface area contributed by atoms with Crippen LogP contribution in [-0.2, 0) is 4.79 Å². The Kier molecular flexibility index (Phi) is 6.07. The van der Waals surface area contributed by atoms with E-state index in [4.69, 9.17) is 0 Å². The molecule has 3 nitrogen and oxygen atoms in total. The Morgan fingerprint density at radius 3 is 2.65 bits per heavy atom. The number of nitrogens with zero attached hydrogens (tertiary/aromatic N) is 1. The number of rotatable bonds is 3. The van der Waals surface area contributed by atoms with Gasteiger partial charge in [-0.25, -0.2) is 0 Å². The standard InChI is InChI=1S/C14H24N2O/c1-12(2)4-5-14(17)15-9-6-13-7-10-16(3)11-8-13/h12-13H,6-11H2,1-3H3,(H,15,17). The molecular formula is C14H24N2O. The highest BCUT2D eigenvalue weighted by molar-refractivity contribution is 5.93. The molecular weight excluding hydrogens is 212 g/mol. The van der Waals surface area contributed by atoms with Crippen molar-refractivity contribution in [3.8, 4) is 11.8 Å². The molecule has 1 fully saturated rings. The van der Waals surface area contributed by atoms with Crippen LogP contribution in [0, 0.1) is 23.7 Å². The van der Waals surface area contributed by atoms with Gasteiger partial charge in [-0.2, -0.15) is 0 Å². The molecule has 0 aromatic rings. The van der Waals surface area contributed by atoms with E-state index in [0.717, 1.165) is 18.9 Å². The van der Waals surface area contributed by atoms with Crippen LogP contribution in [0.3, 0.4) is 0 Å². The van der Waals surface area contributed by atoms with Gasteiger partial charge in [-0.15, -0.1) is 0 Å². The molecule has 96 valence electrons. The van der Waals surface area contributed by atoms with E-state index in [2.05, 4.69) is 29.1 Å². The molecule has 0 spiro atoms. The molecule has 0 bridgehead atoms. The van der Waals surface area contributed by atoms with Crippen LogP contribution in [0.1, 0.15) is 33.1 Å².